The highest BCUT2D eigenvalue weighted by atomic mass is 16.6. The van der Waals surface area contributed by atoms with Crippen LogP contribution in [0.1, 0.15) is 59.3 Å². The van der Waals surface area contributed by atoms with Crippen LogP contribution in [-0.4, -0.2) is 30.3 Å². The topological polar surface area (TPSA) is 50.4 Å². The van der Waals surface area contributed by atoms with Crippen molar-refractivity contribution in [1.82, 2.24) is 10.6 Å². The van der Waals surface area contributed by atoms with Crippen LogP contribution in [0.5, 0.6) is 0 Å². The van der Waals surface area contributed by atoms with Crippen LogP contribution in [0.15, 0.2) is 0 Å². The quantitative estimate of drug-likeness (QED) is 0.758. The van der Waals surface area contributed by atoms with Gasteiger partial charge in [0.25, 0.3) is 0 Å². The number of carbonyl (C=O) groups is 1. The van der Waals surface area contributed by atoms with Crippen LogP contribution in [0.3, 0.4) is 0 Å². The van der Waals surface area contributed by atoms with E-state index in [4.69, 9.17) is 4.74 Å². The van der Waals surface area contributed by atoms with E-state index in [1.807, 2.05) is 20.8 Å². The number of ether oxygens (including phenoxy) is 1. The fraction of sp³-hybridized carbons (Fsp3) is 0.941. The number of rotatable bonds is 7. The molecule has 4 nitrogen and oxygen atoms in total. The normalized spacial score (nSPS) is 24.0. The number of carbonyl (C=O) groups excluding carboxylic acids is 1. The zero-order chi connectivity index (χ0) is 15.0. The molecule has 3 rings (SSSR count). The molecule has 0 spiro atoms. The highest BCUT2D eigenvalue weighted by molar-refractivity contribution is 5.68. The summed E-state index contributed by atoms with van der Waals surface area (Å²) >= 11 is 0. The zero-order valence-electron chi connectivity index (χ0n) is 13.7. The van der Waals surface area contributed by atoms with Gasteiger partial charge in [0.05, 0.1) is 0 Å². The second-order valence-corrected chi connectivity index (χ2v) is 8.20. The molecule has 0 heterocycles. The molecule has 3 aliphatic rings. The Labute approximate surface area is 128 Å². The molecule has 4 heteroatoms. The van der Waals surface area contributed by atoms with Crippen molar-refractivity contribution < 1.29 is 9.53 Å². The fourth-order valence-corrected chi connectivity index (χ4v) is 3.19. The van der Waals surface area contributed by atoms with Gasteiger partial charge in [0, 0.05) is 18.6 Å². The number of amides is 1. The third kappa shape index (κ3) is 4.87. The monoisotopic (exact) mass is 294 g/mol. The van der Waals surface area contributed by atoms with Gasteiger partial charge in [-0.15, -0.1) is 0 Å². The molecule has 21 heavy (non-hydrogen) atoms. The molecule has 0 aliphatic heterocycles. The van der Waals surface area contributed by atoms with Crippen LogP contribution in [0, 0.1) is 17.8 Å². The standard InChI is InChI=1S/C17H30N2O2/c1-17(2,3)21-16(20)19-14(11-4-5-11)10-18-15(12-6-7-12)13-8-9-13/h11-15,18H,4-10H2,1-3H3,(H,19,20). The molecule has 1 atom stereocenters. The SMILES string of the molecule is CC(C)(C)OC(=O)NC(CNC(C1CC1)C1CC1)C1CC1. The molecule has 1 amide bonds. The minimum absolute atomic E-state index is 0.236. The van der Waals surface area contributed by atoms with E-state index in [0.717, 1.165) is 18.4 Å². The summed E-state index contributed by atoms with van der Waals surface area (Å²) in [7, 11) is 0. The summed E-state index contributed by atoms with van der Waals surface area (Å²) in [6.07, 6.45) is 7.77. The van der Waals surface area contributed by atoms with Gasteiger partial charge >= 0.3 is 6.09 Å². The predicted molar refractivity (Wildman–Crippen MR) is 83.1 cm³/mol. The summed E-state index contributed by atoms with van der Waals surface area (Å²) in [5, 5.41) is 6.85. The fourth-order valence-electron chi connectivity index (χ4n) is 3.19. The van der Waals surface area contributed by atoms with E-state index in [-0.39, 0.29) is 12.1 Å². The van der Waals surface area contributed by atoms with E-state index in [9.17, 15) is 4.79 Å². The van der Waals surface area contributed by atoms with Crippen molar-refractivity contribution in [3.05, 3.63) is 0 Å². The van der Waals surface area contributed by atoms with Crippen molar-refractivity contribution in [2.75, 3.05) is 6.54 Å². The Morgan fingerprint density at radius 1 is 1.05 bits per heavy atom. The molecule has 0 radical (unpaired) electrons. The maximum Gasteiger partial charge on any atom is 0.407 e. The lowest BCUT2D eigenvalue weighted by molar-refractivity contribution is 0.0496. The molecule has 0 bridgehead atoms. The summed E-state index contributed by atoms with van der Waals surface area (Å²) in [5.41, 5.74) is -0.420. The van der Waals surface area contributed by atoms with Crippen LogP contribution in [0.25, 0.3) is 0 Å². The second-order valence-electron chi connectivity index (χ2n) is 8.20. The van der Waals surface area contributed by atoms with E-state index in [1.165, 1.54) is 38.5 Å². The van der Waals surface area contributed by atoms with Crippen LogP contribution in [-0.2, 0) is 4.74 Å². The third-order valence-electron chi connectivity index (χ3n) is 4.73. The van der Waals surface area contributed by atoms with Crippen molar-refractivity contribution in [3.63, 3.8) is 0 Å². The largest absolute Gasteiger partial charge is 0.444 e. The first-order chi connectivity index (χ1) is 9.92. The Morgan fingerprint density at radius 2 is 1.57 bits per heavy atom. The van der Waals surface area contributed by atoms with E-state index in [0.29, 0.717) is 12.0 Å². The van der Waals surface area contributed by atoms with Crippen molar-refractivity contribution >= 4 is 6.09 Å². The van der Waals surface area contributed by atoms with Gasteiger partial charge in [-0.1, -0.05) is 0 Å². The van der Waals surface area contributed by atoms with E-state index in [2.05, 4.69) is 10.6 Å². The van der Waals surface area contributed by atoms with Crippen molar-refractivity contribution in [3.8, 4) is 0 Å². The molecule has 3 fully saturated rings. The summed E-state index contributed by atoms with van der Waals surface area (Å²) in [6.45, 7) is 6.63. The lowest BCUT2D eigenvalue weighted by Crippen LogP contribution is -2.48. The molecular weight excluding hydrogens is 264 g/mol. The summed E-state index contributed by atoms with van der Waals surface area (Å²) in [6, 6.07) is 0.937. The molecule has 3 aliphatic carbocycles. The van der Waals surface area contributed by atoms with E-state index in [1.54, 1.807) is 0 Å². The van der Waals surface area contributed by atoms with Crippen LogP contribution in [0.4, 0.5) is 4.79 Å². The Kier molecular flexibility index (Phi) is 4.17. The maximum atomic E-state index is 12.0. The number of hydrogen-bond acceptors (Lipinski definition) is 3. The van der Waals surface area contributed by atoms with Crippen LogP contribution < -0.4 is 10.6 Å². The Bertz CT molecular complexity index is 367. The Hall–Kier alpha value is -0.770. The Balaban J connectivity index is 1.46. The predicted octanol–water partition coefficient (Wildman–Crippen LogP) is 3.07. The van der Waals surface area contributed by atoms with Crippen molar-refractivity contribution in [2.45, 2.75) is 77.0 Å². The summed E-state index contributed by atoms with van der Waals surface area (Å²) in [5.74, 6) is 2.45. The molecule has 1 unspecified atom stereocenters. The number of hydrogen-bond donors (Lipinski definition) is 2. The second kappa shape index (κ2) is 5.79. The van der Waals surface area contributed by atoms with Crippen LogP contribution >= 0.6 is 0 Å². The molecule has 3 saturated carbocycles. The zero-order valence-corrected chi connectivity index (χ0v) is 13.7. The molecule has 2 N–H and O–H groups in total. The van der Waals surface area contributed by atoms with E-state index >= 15 is 0 Å². The molecule has 0 aromatic rings. The summed E-state index contributed by atoms with van der Waals surface area (Å²) in [4.78, 5) is 12.0. The lowest BCUT2D eigenvalue weighted by Gasteiger charge is -2.26. The van der Waals surface area contributed by atoms with Gasteiger partial charge in [-0.05, 0) is 77.0 Å². The van der Waals surface area contributed by atoms with Crippen molar-refractivity contribution in [1.29, 1.82) is 0 Å². The average molecular weight is 294 g/mol. The first kappa shape index (κ1) is 15.1. The first-order valence-electron chi connectivity index (χ1n) is 8.65. The van der Waals surface area contributed by atoms with Gasteiger partial charge < -0.3 is 15.4 Å². The van der Waals surface area contributed by atoms with Crippen molar-refractivity contribution in [2.24, 2.45) is 17.8 Å². The highest BCUT2D eigenvalue weighted by Gasteiger charge is 2.42. The van der Waals surface area contributed by atoms with E-state index < -0.39 is 5.60 Å². The molecule has 0 saturated heterocycles. The molecule has 120 valence electrons. The molecule has 0 aromatic carbocycles. The van der Waals surface area contributed by atoms with Gasteiger partial charge in [0.1, 0.15) is 5.60 Å². The average Bonchev–Trinajstić information content (AvgIpc) is 3.23. The first-order valence-corrected chi connectivity index (χ1v) is 8.65. The molecular formula is C17H30N2O2. The third-order valence-corrected chi connectivity index (χ3v) is 4.73. The maximum absolute atomic E-state index is 12.0. The van der Waals surface area contributed by atoms with Gasteiger partial charge in [-0.25, -0.2) is 4.79 Å². The van der Waals surface area contributed by atoms with Gasteiger partial charge in [0.2, 0.25) is 0 Å². The Morgan fingerprint density at radius 3 is 2.00 bits per heavy atom. The minimum atomic E-state index is -0.420. The van der Waals surface area contributed by atoms with Gasteiger partial charge in [-0.3, -0.25) is 0 Å². The van der Waals surface area contributed by atoms with Crippen LogP contribution in [0.2, 0.25) is 0 Å². The highest BCUT2D eigenvalue weighted by Crippen LogP contribution is 2.44. The number of alkyl carbamates (subject to hydrolysis) is 1. The smallest absolute Gasteiger partial charge is 0.407 e. The minimum Gasteiger partial charge on any atom is -0.444 e. The van der Waals surface area contributed by atoms with Gasteiger partial charge in [0.15, 0.2) is 0 Å². The summed E-state index contributed by atoms with van der Waals surface area (Å²) < 4.78 is 5.39. The lowest BCUT2D eigenvalue weighted by atomic mass is 10.1. The molecule has 0 aromatic heterocycles. The number of nitrogens with one attached hydrogen (secondary N) is 2. The van der Waals surface area contributed by atoms with Gasteiger partial charge in [-0.2, -0.15) is 0 Å².